The van der Waals surface area contributed by atoms with Crippen molar-refractivity contribution >= 4 is 49.1 Å². The molecule has 0 aromatic heterocycles. The number of cyclic esters (lactones) is 1. The molecule has 11 nitrogen and oxygen atoms in total. The summed E-state index contributed by atoms with van der Waals surface area (Å²) in [7, 11) is -9.25. The van der Waals surface area contributed by atoms with Crippen LogP contribution in [-0.4, -0.2) is 75.7 Å². The Morgan fingerprint density at radius 1 is 0.654 bits per heavy atom. The lowest BCUT2D eigenvalue weighted by atomic mass is 9.93. The Morgan fingerprint density at radius 3 is 1.62 bits per heavy atom. The van der Waals surface area contributed by atoms with Crippen LogP contribution in [0.2, 0.25) is 41.3 Å². The quantitative estimate of drug-likeness (QED) is 0.0187. The maximum atomic E-state index is 15.7. The van der Waals surface area contributed by atoms with Crippen molar-refractivity contribution in [1.82, 2.24) is 0 Å². The van der Waals surface area contributed by atoms with Crippen molar-refractivity contribution in [2.75, 3.05) is 20.8 Å². The van der Waals surface area contributed by atoms with E-state index in [9.17, 15) is 4.79 Å². The average molecular weight is 1140 g/mol. The van der Waals surface area contributed by atoms with Crippen LogP contribution in [0.1, 0.15) is 93.2 Å². The first-order chi connectivity index (χ1) is 36.6. The third-order valence-electron chi connectivity index (χ3n) is 15.1. The fourth-order valence-corrected chi connectivity index (χ4v) is 17.4. The van der Waals surface area contributed by atoms with Crippen LogP contribution in [0.25, 0.3) is 0 Å². The summed E-state index contributed by atoms with van der Waals surface area (Å²) in [6, 6.07) is 35.9. The molecule has 0 N–H and O–H groups in total. The van der Waals surface area contributed by atoms with Crippen molar-refractivity contribution in [3.05, 3.63) is 181 Å². The number of rotatable bonds is 27. The van der Waals surface area contributed by atoms with Gasteiger partial charge in [-0.25, -0.2) is 9.36 Å². The van der Waals surface area contributed by atoms with Gasteiger partial charge in [-0.1, -0.05) is 196 Å². The van der Waals surface area contributed by atoms with Crippen molar-refractivity contribution in [3.8, 4) is 11.5 Å². The first-order valence-electron chi connectivity index (χ1n) is 27.1. The van der Waals surface area contributed by atoms with E-state index in [1.807, 2.05) is 98.0 Å². The molecule has 0 fully saturated rings. The summed E-state index contributed by atoms with van der Waals surface area (Å²) >= 11 is 0. The molecule has 4 atom stereocenters. The number of hydrogen-bond acceptors (Lipinski definition) is 11. The molecule has 0 aliphatic carbocycles. The second-order valence-corrected chi connectivity index (χ2v) is 39.5. The Labute approximate surface area is 471 Å². The Bertz CT molecular complexity index is 2610. The highest BCUT2D eigenvalue weighted by Crippen LogP contribution is 2.55. The standard InChI is InChI=1S/C63H89O11PSi3/c1-60(2,3)76(13,14)73-55(29-22-18-17-19-27-46-70-78(62(7,8)9,56-31-23-20-24-32-56)57-33-25-21-26-34-57)47-58(63(10,74-77(15,16)61(4,5)6)45-44-54-30-28-35-59(64)71-54)72-75(65,68-48-50-36-40-52(66-11)41-37-50)69-49-51-38-42-53(67-12)43-39-51/h17-29,31-45,54-55,58H,30,46-49H2,1-16H3/b18-17-,27-19+,29-22-,45-44?/t54-,55+,58-,63-/m1/s1. The summed E-state index contributed by atoms with van der Waals surface area (Å²) in [6.07, 6.45) is 17.5. The number of phosphoric ester groups is 1. The molecule has 4 aromatic rings. The van der Waals surface area contributed by atoms with E-state index in [4.69, 9.17) is 41.1 Å². The lowest BCUT2D eigenvalue weighted by Gasteiger charge is -2.47. The van der Waals surface area contributed by atoms with Gasteiger partial charge in [-0.3, -0.25) is 13.6 Å². The van der Waals surface area contributed by atoms with Crippen LogP contribution in [0.3, 0.4) is 0 Å². The summed E-state index contributed by atoms with van der Waals surface area (Å²) in [5, 5.41) is 1.88. The highest BCUT2D eigenvalue weighted by Gasteiger charge is 2.51. The maximum Gasteiger partial charge on any atom is 0.475 e. The maximum absolute atomic E-state index is 15.7. The van der Waals surface area contributed by atoms with Crippen LogP contribution in [0, 0.1) is 0 Å². The van der Waals surface area contributed by atoms with E-state index in [0.717, 1.165) is 11.1 Å². The summed E-state index contributed by atoms with van der Waals surface area (Å²) in [6.45, 7) is 30.9. The van der Waals surface area contributed by atoms with E-state index in [2.05, 4.69) is 155 Å². The molecule has 1 heterocycles. The van der Waals surface area contributed by atoms with E-state index < -0.39 is 62.7 Å². The number of esters is 1. The largest absolute Gasteiger partial charge is 0.497 e. The SMILES string of the molecule is COc1ccc(COP(=O)(OCc2ccc(OC)cc2)O[C@H](C[C@H](\C=C/C=C\C=C\CO[Si](c2ccccc2)(c2ccccc2)C(C)(C)C)O[Si](C)(C)C(C)(C)C)[C@@](C)(C=C[C@H]2CC=CC(=O)O2)O[Si](C)(C)C(C)(C)C)cc1. The molecule has 424 valence electrons. The number of benzene rings is 4. The zero-order valence-corrected chi connectivity index (χ0v) is 53.3. The van der Waals surface area contributed by atoms with Gasteiger partial charge < -0.3 is 27.5 Å². The molecule has 5 rings (SSSR count). The zero-order chi connectivity index (χ0) is 57.5. The highest BCUT2D eigenvalue weighted by atomic mass is 31.2. The average Bonchev–Trinajstić information content (AvgIpc) is 3.40. The van der Waals surface area contributed by atoms with Gasteiger partial charge in [0, 0.05) is 18.9 Å². The molecule has 1 aliphatic rings. The summed E-state index contributed by atoms with van der Waals surface area (Å²) in [5.41, 5.74) is 0.147. The van der Waals surface area contributed by atoms with Crippen molar-refractivity contribution in [3.63, 3.8) is 0 Å². The molecule has 0 saturated carbocycles. The topological polar surface area (TPSA) is 117 Å². The normalized spacial score (nSPS) is 17.0. The molecule has 0 amide bonds. The number of phosphoric acid groups is 1. The van der Waals surface area contributed by atoms with E-state index in [1.165, 1.54) is 16.4 Å². The predicted molar refractivity (Wildman–Crippen MR) is 325 cm³/mol. The van der Waals surface area contributed by atoms with Gasteiger partial charge in [-0.05, 0) is 100 Å². The highest BCUT2D eigenvalue weighted by molar-refractivity contribution is 7.48. The van der Waals surface area contributed by atoms with Gasteiger partial charge in [0.1, 0.15) is 23.7 Å². The molecule has 0 radical (unpaired) electrons. The molecule has 0 bridgehead atoms. The Kier molecular flexibility index (Phi) is 22.7. The fraction of sp³-hybridized carbons (Fsp3) is 0.444. The molecule has 0 unspecified atom stereocenters. The van der Waals surface area contributed by atoms with Gasteiger partial charge >= 0.3 is 13.8 Å². The lowest BCUT2D eigenvalue weighted by molar-refractivity contribution is -0.141. The van der Waals surface area contributed by atoms with Crippen molar-refractivity contribution < 1.29 is 50.4 Å². The number of carbonyl (C=O) groups excluding carboxylic acids is 1. The molecule has 15 heteroatoms. The zero-order valence-electron chi connectivity index (χ0n) is 49.4. The van der Waals surface area contributed by atoms with Crippen LogP contribution >= 0.6 is 7.82 Å². The number of ether oxygens (including phenoxy) is 3. The molecular weight excluding hydrogens is 1050 g/mol. The van der Waals surface area contributed by atoms with Crippen LogP contribution < -0.4 is 19.8 Å². The molecule has 78 heavy (non-hydrogen) atoms. The molecule has 1 aliphatic heterocycles. The van der Waals surface area contributed by atoms with Gasteiger partial charge in [-0.15, -0.1) is 0 Å². The minimum atomic E-state index is -4.52. The van der Waals surface area contributed by atoms with Gasteiger partial charge in [0.05, 0.1) is 45.7 Å². The third-order valence-corrected chi connectivity index (χ3v) is 30.6. The van der Waals surface area contributed by atoms with E-state index >= 15 is 4.57 Å². The summed E-state index contributed by atoms with van der Waals surface area (Å²) in [5.74, 6) is 0.915. The first-order valence-corrected chi connectivity index (χ1v) is 36.3. The van der Waals surface area contributed by atoms with Gasteiger partial charge in [0.2, 0.25) is 0 Å². The van der Waals surface area contributed by atoms with Crippen molar-refractivity contribution in [1.29, 1.82) is 0 Å². The second-order valence-electron chi connectivity index (χ2n) is 24.1. The minimum Gasteiger partial charge on any atom is -0.497 e. The van der Waals surface area contributed by atoms with Gasteiger partial charge in [0.25, 0.3) is 8.32 Å². The number of allylic oxidation sites excluding steroid dienone is 4. The molecule has 0 spiro atoms. The minimum absolute atomic E-state index is 0.0956. The number of hydrogen-bond donors (Lipinski definition) is 0. The van der Waals surface area contributed by atoms with Crippen LogP contribution in [0.4, 0.5) is 0 Å². The molecule has 0 saturated heterocycles. The van der Waals surface area contributed by atoms with Gasteiger partial charge in [0.15, 0.2) is 16.6 Å². The second kappa shape index (κ2) is 27.6. The van der Waals surface area contributed by atoms with Crippen LogP contribution in [0.5, 0.6) is 11.5 Å². The van der Waals surface area contributed by atoms with E-state index in [0.29, 0.717) is 24.5 Å². The van der Waals surface area contributed by atoms with Crippen molar-refractivity contribution in [2.45, 2.75) is 161 Å². The summed E-state index contributed by atoms with van der Waals surface area (Å²) < 4.78 is 74.0. The Hall–Kier alpha value is -4.71. The first kappa shape index (κ1) is 64.1. The fourth-order valence-electron chi connectivity index (χ4n) is 8.56. The Morgan fingerprint density at radius 2 is 1.15 bits per heavy atom. The molecular formula is C63H89O11PSi3. The van der Waals surface area contributed by atoms with Crippen molar-refractivity contribution in [2.24, 2.45) is 0 Å². The van der Waals surface area contributed by atoms with E-state index in [-0.39, 0.29) is 34.7 Å². The molecule has 4 aromatic carbocycles. The Balaban J connectivity index is 1.58. The van der Waals surface area contributed by atoms with Crippen LogP contribution in [0.15, 0.2) is 170 Å². The third kappa shape index (κ3) is 17.9. The number of methoxy groups -OCH3 is 2. The predicted octanol–water partition coefficient (Wildman–Crippen LogP) is 15.2. The number of carbonyl (C=O) groups is 1. The monoisotopic (exact) mass is 1140 g/mol. The van der Waals surface area contributed by atoms with E-state index in [1.54, 1.807) is 20.3 Å². The van der Waals surface area contributed by atoms with Crippen LogP contribution in [-0.2, 0) is 54.2 Å². The lowest BCUT2D eigenvalue weighted by Crippen LogP contribution is -2.66. The summed E-state index contributed by atoms with van der Waals surface area (Å²) in [4.78, 5) is 12.6. The smallest absolute Gasteiger partial charge is 0.475 e. The van der Waals surface area contributed by atoms with Gasteiger partial charge in [-0.2, -0.15) is 0 Å².